The van der Waals surface area contributed by atoms with Crippen LogP contribution in [0, 0.1) is 0 Å². The lowest BCUT2D eigenvalue weighted by Gasteiger charge is -2.28. The zero-order valence-corrected chi connectivity index (χ0v) is 11.2. The highest BCUT2D eigenvalue weighted by molar-refractivity contribution is 5.98. The van der Waals surface area contributed by atoms with Crippen molar-refractivity contribution in [1.29, 1.82) is 0 Å². The molecule has 100 valence electrons. The van der Waals surface area contributed by atoms with Crippen LogP contribution < -0.4 is 5.73 Å². The third-order valence-corrected chi connectivity index (χ3v) is 3.01. The van der Waals surface area contributed by atoms with Gasteiger partial charge < -0.3 is 15.4 Å². The summed E-state index contributed by atoms with van der Waals surface area (Å²) in [7, 11) is 1.62. The van der Waals surface area contributed by atoms with Crippen molar-refractivity contribution in [3.63, 3.8) is 0 Å². The van der Waals surface area contributed by atoms with Crippen molar-refractivity contribution in [2.45, 2.75) is 26.3 Å². The summed E-state index contributed by atoms with van der Waals surface area (Å²) in [6.45, 7) is 5.12. The lowest BCUT2D eigenvalue weighted by Crippen LogP contribution is -2.40. The Balaban J connectivity index is 2.91. The molecule has 18 heavy (non-hydrogen) atoms. The zero-order chi connectivity index (χ0) is 13.5. The van der Waals surface area contributed by atoms with Gasteiger partial charge in [0.15, 0.2) is 0 Å². The van der Waals surface area contributed by atoms with Gasteiger partial charge in [0.05, 0.1) is 12.2 Å². The van der Waals surface area contributed by atoms with Crippen LogP contribution in [0.25, 0.3) is 0 Å². The van der Waals surface area contributed by atoms with Crippen LogP contribution in [0.5, 0.6) is 0 Å². The first-order valence-corrected chi connectivity index (χ1v) is 6.11. The average Bonchev–Trinajstić information content (AvgIpc) is 2.39. The number of anilines is 1. The van der Waals surface area contributed by atoms with E-state index in [0.717, 1.165) is 6.42 Å². The number of ether oxygens (including phenoxy) is 1. The predicted molar refractivity (Wildman–Crippen MR) is 71.3 cm³/mol. The van der Waals surface area contributed by atoms with Crippen molar-refractivity contribution in [2.24, 2.45) is 0 Å². The Morgan fingerprint density at radius 1 is 1.61 bits per heavy atom. The van der Waals surface area contributed by atoms with Gasteiger partial charge in [-0.25, -0.2) is 0 Å². The molecule has 1 aromatic heterocycles. The summed E-state index contributed by atoms with van der Waals surface area (Å²) in [4.78, 5) is 18.2. The Hall–Kier alpha value is -1.62. The van der Waals surface area contributed by atoms with Crippen LogP contribution in [0.4, 0.5) is 5.69 Å². The zero-order valence-electron chi connectivity index (χ0n) is 11.2. The van der Waals surface area contributed by atoms with E-state index in [4.69, 9.17) is 10.5 Å². The number of carbonyl (C=O) groups excluding carboxylic acids is 1. The molecule has 0 saturated heterocycles. The molecule has 0 bridgehead atoms. The number of nitrogen functional groups attached to an aromatic ring is 1. The second kappa shape index (κ2) is 6.96. The summed E-state index contributed by atoms with van der Waals surface area (Å²) in [5.41, 5.74) is 6.72. The van der Waals surface area contributed by atoms with Crippen molar-refractivity contribution in [1.82, 2.24) is 9.88 Å². The van der Waals surface area contributed by atoms with Gasteiger partial charge in [-0.15, -0.1) is 0 Å². The SMILES string of the molecule is CCC(C)N(CCOC)C(=O)c1cnccc1N. The highest BCUT2D eigenvalue weighted by atomic mass is 16.5. The predicted octanol–water partition coefficient (Wildman–Crippen LogP) is 1.55. The number of hydrogen-bond donors (Lipinski definition) is 1. The molecule has 5 nitrogen and oxygen atoms in total. The van der Waals surface area contributed by atoms with Crippen molar-refractivity contribution < 1.29 is 9.53 Å². The summed E-state index contributed by atoms with van der Waals surface area (Å²) in [5, 5.41) is 0. The molecule has 0 spiro atoms. The van der Waals surface area contributed by atoms with Gasteiger partial charge in [-0.1, -0.05) is 6.92 Å². The summed E-state index contributed by atoms with van der Waals surface area (Å²) < 4.78 is 5.04. The van der Waals surface area contributed by atoms with E-state index in [2.05, 4.69) is 4.98 Å². The molecule has 0 radical (unpaired) electrons. The van der Waals surface area contributed by atoms with Gasteiger partial charge >= 0.3 is 0 Å². The molecule has 5 heteroatoms. The number of carbonyl (C=O) groups is 1. The van der Waals surface area contributed by atoms with Gasteiger partial charge in [-0.05, 0) is 19.4 Å². The first-order chi connectivity index (χ1) is 8.61. The molecule has 0 saturated carbocycles. The molecule has 0 fully saturated rings. The Kier molecular flexibility index (Phi) is 5.58. The van der Waals surface area contributed by atoms with Gasteiger partial charge in [0.25, 0.3) is 5.91 Å². The maximum atomic E-state index is 12.4. The minimum atomic E-state index is -0.0907. The van der Waals surface area contributed by atoms with Crippen LogP contribution in [-0.4, -0.2) is 42.1 Å². The third kappa shape index (κ3) is 3.43. The topological polar surface area (TPSA) is 68.5 Å². The fourth-order valence-electron chi connectivity index (χ4n) is 1.67. The first-order valence-electron chi connectivity index (χ1n) is 6.11. The number of methoxy groups -OCH3 is 1. The van der Waals surface area contributed by atoms with E-state index in [0.29, 0.717) is 24.4 Å². The van der Waals surface area contributed by atoms with E-state index in [1.807, 2.05) is 13.8 Å². The fourth-order valence-corrected chi connectivity index (χ4v) is 1.67. The van der Waals surface area contributed by atoms with Gasteiger partial charge in [0.2, 0.25) is 0 Å². The number of pyridine rings is 1. The lowest BCUT2D eigenvalue weighted by molar-refractivity contribution is 0.0614. The maximum absolute atomic E-state index is 12.4. The van der Waals surface area contributed by atoms with Crippen LogP contribution in [-0.2, 0) is 4.74 Å². The first kappa shape index (κ1) is 14.4. The van der Waals surface area contributed by atoms with Crippen LogP contribution in [0.1, 0.15) is 30.6 Å². The number of nitrogens with zero attached hydrogens (tertiary/aromatic N) is 2. The molecule has 0 aliphatic carbocycles. The average molecular weight is 251 g/mol. The largest absolute Gasteiger partial charge is 0.398 e. The van der Waals surface area contributed by atoms with Crippen LogP contribution in [0.15, 0.2) is 18.5 Å². The second-order valence-corrected chi connectivity index (χ2v) is 4.21. The van der Waals surface area contributed by atoms with E-state index < -0.39 is 0 Å². The maximum Gasteiger partial charge on any atom is 0.257 e. The van der Waals surface area contributed by atoms with Gasteiger partial charge in [0, 0.05) is 37.8 Å². The smallest absolute Gasteiger partial charge is 0.257 e. The van der Waals surface area contributed by atoms with Gasteiger partial charge in [0.1, 0.15) is 0 Å². The Morgan fingerprint density at radius 3 is 2.89 bits per heavy atom. The van der Waals surface area contributed by atoms with Crippen LogP contribution in [0.2, 0.25) is 0 Å². The lowest BCUT2D eigenvalue weighted by atomic mass is 10.1. The summed E-state index contributed by atoms with van der Waals surface area (Å²) in [6.07, 6.45) is 3.98. The molecular weight excluding hydrogens is 230 g/mol. The standard InChI is InChI=1S/C13H21N3O2/c1-4-10(2)16(7-8-18-3)13(17)11-9-15-6-5-12(11)14/h5-6,9-10H,4,7-8H2,1-3H3,(H2,14,15). The van der Waals surface area contributed by atoms with E-state index in [1.165, 1.54) is 6.20 Å². The van der Waals surface area contributed by atoms with Crippen molar-refractivity contribution >= 4 is 11.6 Å². The second-order valence-electron chi connectivity index (χ2n) is 4.21. The number of nitrogens with two attached hydrogens (primary N) is 1. The highest BCUT2D eigenvalue weighted by Crippen LogP contribution is 2.15. The van der Waals surface area contributed by atoms with Crippen LogP contribution in [0.3, 0.4) is 0 Å². The molecule has 1 amide bonds. The quantitative estimate of drug-likeness (QED) is 0.833. The molecule has 2 N–H and O–H groups in total. The molecule has 1 aromatic rings. The number of rotatable bonds is 6. The molecule has 1 atom stereocenters. The molecular formula is C13H21N3O2. The van der Waals surface area contributed by atoms with Gasteiger partial charge in [-0.3, -0.25) is 9.78 Å². The van der Waals surface area contributed by atoms with E-state index in [9.17, 15) is 4.79 Å². The number of aromatic nitrogens is 1. The van der Waals surface area contributed by atoms with E-state index in [1.54, 1.807) is 24.3 Å². The molecule has 1 unspecified atom stereocenters. The van der Waals surface area contributed by atoms with Crippen LogP contribution >= 0.6 is 0 Å². The molecule has 0 aliphatic heterocycles. The monoisotopic (exact) mass is 251 g/mol. The van der Waals surface area contributed by atoms with Crippen molar-refractivity contribution in [3.05, 3.63) is 24.0 Å². The highest BCUT2D eigenvalue weighted by Gasteiger charge is 2.21. The molecule has 1 heterocycles. The Morgan fingerprint density at radius 2 is 2.33 bits per heavy atom. The van der Waals surface area contributed by atoms with Crippen molar-refractivity contribution in [2.75, 3.05) is 26.0 Å². The minimum Gasteiger partial charge on any atom is -0.398 e. The normalized spacial score (nSPS) is 12.2. The Labute approximate surface area is 108 Å². The Bertz CT molecular complexity index is 396. The molecule has 1 rings (SSSR count). The number of hydrogen-bond acceptors (Lipinski definition) is 4. The summed E-state index contributed by atoms with van der Waals surface area (Å²) in [5.74, 6) is -0.0907. The van der Waals surface area contributed by atoms with E-state index in [-0.39, 0.29) is 11.9 Å². The van der Waals surface area contributed by atoms with Crippen molar-refractivity contribution in [3.8, 4) is 0 Å². The molecule has 0 aromatic carbocycles. The van der Waals surface area contributed by atoms with E-state index >= 15 is 0 Å². The van der Waals surface area contributed by atoms with Gasteiger partial charge in [-0.2, -0.15) is 0 Å². The summed E-state index contributed by atoms with van der Waals surface area (Å²) in [6, 6.07) is 1.78. The minimum absolute atomic E-state index is 0.0907. The summed E-state index contributed by atoms with van der Waals surface area (Å²) >= 11 is 0. The third-order valence-electron chi connectivity index (χ3n) is 3.01. The number of amides is 1. The fraction of sp³-hybridized carbons (Fsp3) is 0.538. The molecule has 0 aliphatic rings.